The Morgan fingerprint density at radius 1 is 1.25 bits per heavy atom. The number of H-pyrrole nitrogens is 1. The molecule has 0 saturated carbocycles. The molecule has 0 spiro atoms. The fourth-order valence-electron chi connectivity index (χ4n) is 2.97. The lowest BCUT2D eigenvalue weighted by atomic mass is 10.1. The summed E-state index contributed by atoms with van der Waals surface area (Å²) in [4.78, 5) is 45.2. The molecule has 0 radical (unpaired) electrons. The number of carboxylic acids is 1. The number of nitrogens with one attached hydrogen (secondary N) is 2. The van der Waals surface area contributed by atoms with Crippen LogP contribution in [0.1, 0.15) is 17.5 Å². The first-order valence-electron chi connectivity index (χ1n) is 8.89. The Morgan fingerprint density at radius 2 is 1.96 bits per heavy atom. The van der Waals surface area contributed by atoms with Crippen LogP contribution in [0.2, 0.25) is 0 Å². The SMILES string of the molecule is Cc1cc2nc3c(=O)[nH]c(=O)nc-3n(CCNCC[C@@H](N)C(=O)O)c2cc1C. The third kappa shape index (κ3) is 3.92. The van der Waals surface area contributed by atoms with Crippen LogP contribution in [0.5, 0.6) is 0 Å². The van der Waals surface area contributed by atoms with E-state index in [0.29, 0.717) is 31.6 Å². The summed E-state index contributed by atoms with van der Waals surface area (Å²) in [7, 11) is 0. The highest BCUT2D eigenvalue weighted by atomic mass is 16.4. The lowest BCUT2D eigenvalue weighted by Crippen LogP contribution is -2.35. The maximum absolute atomic E-state index is 12.2. The van der Waals surface area contributed by atoms with Crippen molar-refractivity contribution in [2.24, 2.45) is 5.73 Å². The molecule has 3 rings (SSSR count). The van der Waals surface area contributed by atoms with Crippen molar-refractivity contribution in [3.8, 4) is 11.5 Å². The summed E-state index contributed by atoms with van der Waals surface area (Å²) in [6.45, 7) is 5.24. The number of aromatic nitrogens is 4. The molecule has 1 aromatic carbocycles. The Bertz CT molecular complexity index is 1120. The number of benzene rings is 1. The van der Waals surface area contributed by atoms with Crippen molar-refractivity contribution in [1.82, 2.24) is 24.8 Å². The second kappa shape index (κ2) is 7.87. The molecule has 0 unspecified atom stereocenters. The number of aromatic amines is 1. The minimum atomic E-state index is -1.04. The number of hydrogen-bond acceptors (Lipinski definition) is 7. The topological polar surface area (TPSA) is 156 Å². The second-order valence-corrected chi connectivity index (χ2v) is 6.72. The molecule has 2 heterocycles. The van der Waals surface area contributed by atoms with E-state index in [1.54, 1.807) is 4.57 Å². The fraction of sp³-hybridized carbons (Fsp3) is 0.389. The normalized spacial score (nSPS) is 12.5. The van der Waals surface area contributed by atoms with Crippen molar-refractivity contribution >= 4 is 17.0 Å². The van der Waals surface area contributed by atoms with Gasteiger partial charge in [-0.05, 0) is 50.1 Å². The molecule has 0 amide bonds. The van der Waals surface area contributed by atoms with Crippen LogP contribution < -0.4 is 22.3 Å². The molecule has 0 fully saturated rings. The van der Waals surface area contributed by atoms with Crippen LogP contribution in [0.4, 0.5) is 0 Å². The van der Waals surface area contributed by atoms with Crippen molar-refractivity contribution in [1.29, 1.82) is 0 Å². The molecule has 0 saturated heterocycles. The molecule has 10 nitrogen and oxygen atoms in total. The first kappa shape index (κ1) is 19.6. The van der Waals surface area contributed by atoms with Crippen LogP contribution in [0.15, 0.2) is 21.7 Å². The van der Waals surface area contributed by atoms with Gasteiger partial charge in [-0.2, -0.15) is 4.98 Å². The first-order chi connectivity index (χ1) is 13.3. The highest BCUT2D eigenvalue weighted by Gasteiger charge is 2.19. The molecule has 0 aliphatic carbocycles. The van der Waals surface area contributed by atoms with Gasteiger partial charge in [0, 0.05) is 13.1 Å². The molecule has 0 bridgehead atoms. The van der Waals surface area contributed by atoms with E-state index in [-0.39, 0.29) is 11.5 Å². The number of aliphatic carboxylic acids is 1. The van der Waals surface area contributed by atoms with Gasteiger partial charge in [-0.1, -0.05) is 0 Å². The van der Waals surface area contributed by atoms with Gasteiger partial charge in [0.15, 0.2) is 11.5 Å². The largest absolute Gasteiger partial charge is 0.480 e. The van der Waals surface area contributed by atoms with Crippen molar-refractivity contribution in [2.45, 2.75) is 32.9 Å². The summed E-state index contributed by atoms with van der Waals surface area (Å²) in [5.74, 6) is -0.826. The van der Waals surface area contributed by atoms with E-state index in [9.17, 15) is 14.4 Å². The Balaban J connectivity index is 1.96. The number of hydrogen-bond donors (Lipinski definition) is 4. The van der Waals surface area contributed by atoms with Crippen molar-refractivity contribution in [3.63, 3.8) is 0 Å². The van der Waals surface area contributed by atoms with Gasteiger partial charge >= 0.3 is 11.7 Å². The number of fused-ring (bicyclic) bond motifs is 2. The van der Waals surface area contributed by atoms with E-state index in [1.165, 1.54) is 0 Å². The van der Waals surface area contributed by atoms with E-state index >= 15 is 0 Å². The average Bonchev–Trinajstić information content (AvgIpc) is 2.62. The number of rotatable bonds is 7. The maximum atomic E-state index is 12.2. The molecule has 5 N–H and O–H groups in total. The van der Waals surface area contributed by atoms with Crippen LogP contribution >= 0.6 is 0 Å². The van der Waals surface area contributed by atoms with Gasteiger partial charge in [-0.15, -0.1) is 0 Å². The van der Waals surface area contributed by atoms with Gasteiger partial charge in [0.1, 0.15) is 6.04 Å². The molecule has 10 heteroatoms. The smallest absolute Gasteiger partial charge is 0.349 e. The second-order valence-electron chi connectivity index (χ2n) is 6.72. The minimum absolute atomic E-state index is 0.100. The van der Waals surface area contributed by atoms with E-state index < -0.39 is 23.3 Å². The zero-order valence-electron chi connectivity index (χ0n) is 15.7. The van der Waals surface area contributed by atoms with E-state index in [0.717, 1.165) is 16.6 Å². The van der Waals surface area contributed by atoms with E-state index in [1.807, 2.05) is 26.0 Å². The minimum Gasteiger partial charge on any atom is -0.480 e. The predicted octanol–water partition coefficient (Wildman–Crippen LogP) is -0.407. The van der Waals surface area contributed by atoms with Crippen LogP contribution in [0.3, 0.4) is 0 Å². The lowest BCUT2D eigenvalue weighted by Gasteiger charge is -2.18. The van der Waals surface area contributed by atoms with E-state index in [2.05, 4.69) is 20.3 Å². The van der Waals surface area contributed by atoms with Gasteiger partial charge in [-0.3, -0.25) is 14.6 Å². The fourth-order valence-corrected chi connectivity index (χ4v) is 2.97. The molecule has 2 aliphatic rings. The molecule has 1 atom stereocenters. The molecular weight excluding hydrogens is 364 g/mol. The molecule has 1 aromatic rings. The standard InChI is InChI=1S/C18H22N6O4/c1-9-7-12-13(8-10(9)2)24(6-5-20-4-3-11(19)17(26)27)15-14(21-12)16(25)23-18(28)22-15/h7-8,11,20H,3-6,19H2,1-2H3,(H,26,27)(H,23,25,28)/t11-/m1/s1. The van der Waals surface area contributed by atoms with Crippen molar-refractivity contribution in [3.05, 3.63) is 44.1 Å². The summed E-state index contributed by atoms with van der Waals surface area (Å²) in [5.41, 5.74) is 7.77. The first-order valence-corrected chi connectivity index (χ1v) is 8.89. The van der Waals surface area contributed by atoms with Gasteiger partial charge < -0.3 is 20.7 Å². The highest BCUT2D eigenvalue weighted by molar-refractivity contribution is 5.81. The number of aryl methyl sites for hydroxylation is 2. The Kier molecular flexibility index (Phi) is 5.52. The summed E-state index contributed by atoms with van der Waals surface area (Å²) < 4.78 is 1.78. The predicted molar refractivity (Wildman–Crippen MR) is 104 cm³/mol. The van der Waals surface area contributed by atoms with Gasteiger partial charge in [0.2, 0.25) is 0 Å². The molecule has 28 heavy (non-hydrogen) atoms. The number of nitrogens with zero attached hydrogens (tertiary/aromatic N) is 3. The van der Waals surface area contributed by atoms with Gasteiger partial charge in [0.05, 0.1) is 11.0 Å². The monoisotopic (exact) mass is 386 g/mol. The Labute approximate surface area is 159 Å². The number of carbonyl (C=O) groups is 1. The third-order valence-electron chi connectivity index (χ3n) is 4.69. The quantitative estimate of drug-likeness (QED) is 0.315. The Hall–Kier alpha value is -3.11. The summed E-state index contributed by atoms with van der Waals surface area (Å²) in [5, 5.41) is 11.9. The van der Waals surface area contributed by atoms with Crippen molar-refractivity contribution in [2.75, 3.05) is 13.1 Å². The molecule has 2 aliphatic heterocycles. The molecular formula is C18H22N6O4. The lowest BCUT2D eigenvalue weighted by molar-refractivity contribution is -0.138. The summed E-state index contributed by atoms with van der Waals surface area (Å²) >= 11 is 0. The highest BCUT2D eigenvalue weighted by Crippen LogP contribution is 2.23. The summed E-state index contributed by atoms with van der Waals surface area (Å²) in [6, 6.07) is 2.92. The number of carboxylic acid groups (broad SMARTS) is 1. The Morgan fingerprint density at radius 3 is 2.68 bits per heavy atom. The third-order valence-corrected chi connectivity index (χ3v) is 4.69. The van der Waals surface area contributed by atoms with Crippen LogP contribution in [-0.4, -0.2) is 49.7 Å². The summed E-state index contributed by atoms with van der Waals surface area (Å²) in [6.07, 6.45) is 0.290. The van der Waals surface area contributed by atoms with Crippen LogP contribution in [0, 0.1) is 13.8 Å². The molecule has 0 aromatic heterocycles. The maximum Gasteiger partial charge on any atom is 0.349 e. The zero-order valence-corrected chi connectivity index (χ0v) is 15.7. The van der Waals surface area contributed by atoms with Crippen molar-refractivity contribution < 1.29 is 9.90 Å². The number of nitrogens with two attached hydrogens (primary N) is 1. The van der Waals surface area contributed by atoms with Crippen LogP contribution in [-0.2, 0) is 11.3 Å². The van der Waals surface area contributed by atoms with Crippen LogP contribution in [0.25, 0.3) is 22.6 Å². The van der Waals surface area contributed by atoms with Gasteiger partial charge in [0.25, 0.3) is 5.56 Å². The molecule has 148 valence electrons. The zero-order chi connectivity index (χ0) is 20.4. The average molecular weight is 386 g/mol. The van der Waals surface area contributed by atoms with Gasteiger partial charge in [-0.25, -0.2) is 9.78 Å². The van der Waals surface area contributed by atoms with E-state index in [4.69, 9.17) is 10.8 Å².